The first kappa shape index (κ1) is 96.1. The number of rotatable bonds is 78. The van der Waals surface area contributed by atoms with Gasteiger partial charge in [-0.3, -0.25) is 37.3 Å². The highest BCUT2D eigenvalue weighted by molar-refractivity contribution is 7.47. The summed E-state index contributed by atoms with van der Waals surface area (Å²) in [6, 6.07) is 0. The Balaban J connectivity index is 5.19. The number of aliphatic hydroxyl groups is 1. The molecule has 0 saturated heterocycles. The van der Waals surface area contributed by atoms with E-state index in [1.165, 1.54) is 231 Å². The standard InChI is InChI=1S/C79H154O17P2/c1-7-10-12-14-16-18-19-20-21-22-23-24-25-26-27-28-29-30-39-45-51-57-63-78(83)95-75(68-90-77(82)62-56-50-44-38-34-32-37-42-48-54-60-72(6)9-3)70-94-98(87,88)92-66-73(80)65-91-97(85,86)93-69-74(67-89-76(81)61-55-49-43-35-17-15-13-11-8-2)96-79(84)64-58-52-46-40-33-31-36-41-47-53-59-71(4)5/h71-75,80H,7-70H2,1-6H3,(H,85,86)(H,87,88)/t72?,73-,74+,75+/m0/s1. The van der Waals surface area contributed by atoms with Gasteiger partial charge in [0.05, 0.1) is 26.4 Å². The Morgan fingerprint density at radius 3 is 0.776 bits per heavy atom. The van der Waals surface area contributed by atoms with Gasteiger partial charge in [-0.15, -0.1) is 0 Å². The third-order valence-corrected chi connectivity index (χ3v) is 20.7. The minimum Gasteiger partial charge on any atom is -0.462 e. The quantitative estimate of drug-likeness (QED) is 0.0222. The van der Waals surface area contributed by atoms with Crippen molar-refractivity contribution in [2.75, 3.05) is 39.6 Å². The average Bonchev–Trinajstić information content (AvgIpc) is 1.01. The predicted octanol–water partition coefficient (Wildman–Crippen LogP) is 23.5. The van der Waals surface area contributed by atoms with E-state index in [2.05, 4.69) is 41.5 Å². The molecule has 17 nitrogen and oxygen atoms in total. The van der Waals surface area contributed by atoms with Gasteiger partial charge in [-0.2, -0.15) is 0 Å². The topological polar surface area (TPSA) is 237 Å². The summed E-state index contributed by atoms with van der Waals surface area (Å²) >= 11 is 0. The molecule has 0 aliphatic carbocycles. The van der Waals surface area contributed by atoms with Crippen LogP contribution in [0.4, 0.5) is 0 Å². The van der Waals surface area contributed by atoms with E-state index in [1.807, 2.05) is 0 Å². The van der Waals surface area contributed by atoms with Crippen molar-refractivity contribution >= 4 is 39.5 Å². The number of carbonyl (C=O) groups excluding carboxylic acids is 4. The number of unbranched alkanes of at least 4 members (excludes halogenated alkanes) is 47. The summed E-state index contributed by atoms with van der Waals surface area (Å²) in [5.74, 6) is -0.553. The molecule has 0 saturated carbocycles. The summed E-state index contributed by atoms with van der Waals surface area (Å²) < 4.78 is 68.6. The number of phosphoric acid groups is 2. The van der Waals surface area contributed by atoms with Crippen molar-refractivity contribution in [1.29, 1.82) is 0 Å². The van der Waals surface area contributed by atoms with E-state index in [9.17, 15) is 43.2 Å². The summed E-state index contributed by atoms with van der Waals surface area (Å²) in [7, 11) is -9.91. The summed E-state index contributed by atoms with van der Waals surface area (Å²) in [5.41, 5.74) is 0. The van der Waals surface area contributed by atoms with E-state index in [1.54, 1.807) is 0 Å². The Morgan fingerprint density at radius 2 is 0.520 bits per heavy atom. The molecule has 19 heteroatoms. The molecule has 0 fully saturated rings. The highest BCUT2D eigenvalue weighted by Gasteiger charge is 2.30. The van der Waals surface area contributed by atoms with Crippen LogP contribution in [0.25, 0.3) is 0 Å². The van der Waals surface area contributed by atoms with Crippen LogP contribution in [0.15, 0.2) is 0 Å². The summed E-state index contributed by atoms with van der Waals surface area (Å²) in [4.78, 5) is 72.9. The highest BCUT2D eigenvalue weighted by atomic mass is 31.2. The van der Waals surface area contributed by atoms with Gasteiger partial charge in [0.1, 0.15) is 19.3 Å². The lowest BCUT2D eigenvalue weighted by Crippen LogP contribution is -2.30. The lowest BCUT2D eigenvalue weighted by molar-refractivity contribution is -0.161. The van der Waals surface area contributed by atoms with Crippen LogP contribution in [-0.2, 0) is 65.4 Å². The second-order valence-electron chi connectivity index (χ2n) is 29.2. The van der Waals surface area contributed by atoms with Crippen LogP contribution >= 0.6 is 15.6 Å². The zero-order valence-electron chi connectivity index (χ0n) is 64.1. The smallest absolute Gasteiger partial charge is 0.462 e. The molecule has 0 aliphatic heterocycles. The Bertz CT molecular complexity index is 1890. The summed E-state index contributed by atoms with van der Waals surface area (Å²) in [6.07, 6.45) is 59.7. The maximum absolute atomic E-state index is 13.1. The Hall–Kier alpha value is -1.94. The van der Waals surface area contributed by atoms with Gasteiger partial charge in [-0.25, -0.2) is 9.13 Å². The zero-order chi connectivity index (χ0) is 72.1. The zero-order valence-corrected chi connectivity index (χ0v) is 65.9. The normalized spacial score (nSPS) is 14.2. The van der Waals surface area contributed by atoms with E-state index in [0.717, 1.165) is 102 Å². The first-order valence-corrected chi connectivity index (χ1v) is 44.0. The van der Waals surface area contributed by atoms with Crippen LogP contribution < -0.4 is 0 Å². The molecule has 0 radical (unpaired) electrons. The van der Waals surface area contributed by atoms with Gasteiger partial charge >= 0.3 is 39.5 Å². The van der Waals surface area contributed by atoms with Gasteiger partial charge in [0.2, 0.25) is 0 Å². The Morgan fingerprint density at radius 1 is 0.296 bits per heavy atom. The van der Waals surface area contributed by atoms with E-state index < -0.39 is 97.5 Å². The lowest BCUT2D eigenvalue weighted by atomic mass is 9.99. The molecule has 0 aromatic heterocycles. The molecule has 582 valence electrons. The monoisotopic (exact) mass is 1440 g/mol. The molecule has 0 heterocycles. The van der Waals surface area contributed by atoms with Gasteiger partial charge in [0.15, 0.2) is 12.2 Å². The first-order valence-electron chi connectivity index (χ1n) is 41.0. The van der Waals surface area contributed by atoms with Crippen molar-refractivity contribution in [3.05, 3.63) is 0 Å². The molecule has 0 aliphatic rings. The van der Waals surface area contributed by atoms with Crippen LogP contribution in [0.3, 0.4) is 0 Å². The van der Waals surface area contributed by atoms with Crippen molar-refractivity contribution in [2.45, 2.75) is 432 Å². The SMILES string of the molecule is CCCCCCCCCCCCCCCCCCCCCCCCC(=O)O[C@H](COC(=O)CCCCCCCCCCCCC(C)CC)COP(=O)(O)OC[C@@H](O)COP(=O)(O)OC[C@@H](COC(=O)CCCCCCCCCCC)OC(=O)CCCCCCCCCCCCC(C)C. The van der Waals surface area contributed by atoms with Gasteiger partial charge in [0.25, 0.3) is 0 Å². The molecule has 6 atom stereocenters. The first-order chi connectivity index (χ1) is 47.4. The van der Waals surface area contributed by atoms with Crippen LogP contribution in [0.2, 0.25) is 0 Å². The minimum atomic E-state index is -4.96. The average molecular weight is 1440 g/mol. The van der Waals surface area contributed by atoms with Gasteiger partial charge < -0.3 is 33.8 Å². The number of esters is 4. The molecule has 0 spiro atoms. The molecule has 3 N–H and O–H groups in total. The number of ether oxygens (including phenoxy) is 4. The molecule has 3 unspecified atom stereocenters. The second-order valence-corrected chi connectivity index (χ2v) is 32.1. The van der Waals surface area contributed by atoms with Gasteiger partial charge in [0, 0.05) is 25.7 Å². The number of aliphatic hydroxyl groups excluding tert-OH is 1. The van der Waals surface area contributed by atoms with Crippen LogP contribution in [0, 0.1) is 11.8 Å². The number of hydrogen-bond donors (Lipinski definition) is 3. The van der Waals surface area contributed by atoms with Crippen molar-refractivity contribution in [2.24, 2.45) is 11.8 Å². The Kier molecular flexibility index (Phi) is 69.3. The lowest BCUT2D eigenvalue weighted by Gasteiger charge is -2.21. The predicted molar refractivity (Wildman–Crippen MR) is 400 cm³/mol. The molecule has 98 heavy (non-hydrogen) atoms. The second kappa shape index (κ2) is 70.7. The third-order valence-electron chi connectivity index (χ3n) is 18.8. The number of phosphoric ester groups is 2. The van der Waals surface area contributed by atoms with Gasteiger partial charge in [-0.1, -0.05) is 363 Å². The van der Waals surface area contributed by atoms with Crippen molar-refractivity contribution in [3.63, 3.8) is 0 Å². The molecule has 0 rings (SSSR count). The van der Waals surface area contributed by atoms with Crippen LogP contribution in [0.5, 0.6) is 0 Å². The summed E-state index contributed by atoms with van der Waals surface area (Å²) in [5, 5.41) is 10.6. The van der Waals surface area contributed by atoms with Crippen molar-refractivity contribution in [3.8, 4) is 0 Å². The highest BCUT2D eigenvalue weighted by Crippen LogP contribution is 2.45. The molecule has 0 bridgehead atoms. The number of hydrogen-bond acceptors (Lipinski definition) is 15. The molecular formula is C79H154O17P2. The third kappa shape index (κ3) is 71.1. The maximum atomic E-state index is 13.1. The molecule has 0 aromatic rings. The molecule has 0 aromatic carbocycles. The van der Waals surface area contributed by atoms with Crippen LogP contribution in [0.1, 0.15) is 414 Å². The van der Waals surface area contributed by atoms with Crippen molar-refractivity contribution < 1.29 is 80.2 Å². The molecule has 0 amide bonds. The number of carbonyl (C=O) groups is 4. The molecular weight excluding hydrogens is 1280 g/mol. The van der Waals surface area contributed by atoms with E-state index in [-0.39, 0.29) is 25.7 Å². The largest absolute Gasteiger partial charge is 0.472 e. The fourth-order valence-corrected chi connectivity index (χ4v) is 13.7. The van der Waals surface area contributed by atoms with E-state index in [0.29, 0.717) is 25.7 Å². The van der Waals surface area contributed by atoms with Crippen LogP contribution in [-0.4, -0.2) is 96.7 Å². The van der Waals surface area contributed by atoms with Crippen molar-refractivity contribution in [1.82, 2.24) is 0 Å². The summed E-state index contributed by atoms with van der Waals surface area (Å²) in [6.45, 7) is 9.61. The van der Waals surface area contributed by atoms with E-state index in [4.69, 9.17) is 37.0 Å². The fraction of sp³-hybridized carbons (Fsp3) is 0.949. The van der Waals surface area contributed by atoms with E-state index >= 15 is 0 Å². The van der Waals surface area contributed by atoms with Gasteiger partial charge in [-0.05, 0) is 37.5 Å². The minimum absolute atomic E-state index is 0.106. The fourth-order valence-electron chi connectivity index (χ4n) is 12.2. The maximum Gasteiger partial charge on any atom is 0.472 e. The Labute approximate surface area is 600 Å².